The van der Waals surface area contributed by atoms with E-state index in [9.17, 15) is 0 Å². The van der Waals surface area contributed by atoms with E-state index in [0.717, 1.165) is 0 Å². The zero-order valence-corrected chi connectivity index (χ0v) is 43.4. The summed E-state index contributed by atoms with van der Waals surface area (Å²) in [5, 5.41) is 4.39. The van der Waals surface area contributed by atoms with Gasteiger partial charge in [0.1, 0.15) is 0 Å². The molecule has 0 bridgehead atoms. The molecule has 3 aromatic rings. The first-order valence-electron chi connectivity index (χ1n) is 18.9. The first-order valence-corrected chi connectivity index (χ1v) is 21.7. The molecule has 0 unspecified atom stereocenters. The normalized spacial score (nSPS) is 13.6. The van der Waals surface area contributed by atoms with Crippen LogP contribution in [-0.4, -0.2) is 92.6 Å². The third-order valence-electron chi connectivity index (χ3n) is 12.6. The van der Waals surface area contributed by atoms with Crippen LogP contribution in [0.3, 0.4) is 0 Å². The first-order chi connectivity index (χ1) is 24.3. The van der Waals surface area contributed by atoms with Crippen LogP contribution in [0.1, 0.15) is 61.1 Å². The Morgan fingerprint density at radius 3 is 0.750 bits per heavy atom. The molecule has 1 aliphatic rings. The van der Waals surface area contributed by atoms with Crippen molar-refractivity contribution in [3.05, 3.63) is 73.9 Å². The second-order valence-electron chi connectivity index (χ2n) is 17.1. The van der Waals surface area contributed by atoms with Crippen molar-refractivity contribution in [1.29, 1.82) is 0 Å². The predicted octanol–water partition coefficient (Wildman–Crippen LogP) is -1.65. The maximum absolute atomic E-state index is 3.36. The monoisotopic (exact) mass is 874 g/mol. The number of allylic oxidation sites excluding steroid dienone is 4. The summed E-state index contributed by atoms with van der Waals surface area (Å²) in [6, 6.07) is 7.85. The Bertz CT molecular complexity index is 1820. The molecule has 0 saturated heterocycles. The first kappa shape index (κ1) is 51.8. The van der Waals surface area contributed by atoms with Crippen LogP contribution in [0, 0.1) is 41.5 Å². The van der Waals surface area contributed by atoms with E-state index in [4.69, 9.17) is 0 Å². The summed E-state index contributed by atoms with van der Waals surface area (Å²) in [6.07, 6.45) is 0. The quantitative estimate of drug-likeness (QED) is 0.179. The van der Waals surface area contributed by atoms with Gasteiger partial charge in [0.2, 0.25) is 0 Å². The van der Waals surface area contributed by atoms with Gasteiger partial charge in [-0.2, -0.15) is 0 Å². The number of benzene rings is 3. The van der Waals surface area contributed by atoms with Crippen LogP contribution in [0.25, 0.3) is 0 Å². The molecule has 6 nitrogen and oxygen atoms in total. The van der Waals surface area contributed by atoms with Crippen LogP contribution in [0.2, 0.25) is 3.34 Å². The van der Waals surface area contributed by atoms with Crippen LogP contribution >= 0.6 is 0 Å². The standard InChI is InChI=1S/C45H69N6Si.3ClH.Ti/c1-26-23-36(42(49(17)18)39(29(26)4)46(11)12)52(45-34(9)32(7)33(8)35(45)10,37-24-27(2)30(5)40(47(13)14)43(37)50(19)20)38-25-28(3)31(6)41(48(15)16)44(38)51(21)22;;;;/h23-25H,1-22H3;3*1H;/q;;;;+3/p-3. The SMILES string of the molecule is CC1=C(C)[C]([Ti+3])([Si](c2cc(C)c(C)c(N(C)C)c2N(C)C)(c2cc(C)c(C)c(N(C)C)c2N(C)C)c2cc(C)c(C)c(N(C)C)c2N(C)C)C(C)=C1C.[Cl-].[Cl-].[Cl-]. The average Bonchev–Trinajstić information content (AvgIpc) is 3.19. The van der Waals surface area contributed by atoms with Crippen LogP contribution in [0.5, 0.6) is 0 Å². The van der Waals surface area contributed by atoms with Crippen molar-refractivity contribution in [3.63, 3.8) is 0 Å². The minimum Gasteiger partial charge on any atom is -1.00 e. The van der Waals surface area contributed by atoms with E-state index in [1.807, 2.05) is 0 Å². The second kappa shape index (κ2) is 18.3. The van der Waals surface area contributed by atoms with E-state index in [0.29, 0.717) is 0 Å². The van der Waals surface area contributed by atoms with Crippen molar-refractivity contribution in [2.75, 3.05) is 114 Å². The number of nitrogens with zero attached hydrogens (tertiary/aromatic N) is 6. The summed E-state index contributed by atoms with van der Waals surface area (Å²) in [4.78, 5) is 14.3. The Labute approximate surface area is 373 Å². The van der Waals surface area contributed by atoms with E-state index in [1.165, 1.54) is 105 Å². The van der Waals surface area contributed by atoms with Crippen molar-refractivity contribution in [2.24, 2.45) is 0 Å². The van der Waals surface area contributed by atoms with Gasteiger partial charge in [0.25, 0.3) is 0 Å². The molecule has 0 saturated carbocycles. The van der Waals surface area contributed by atoms with Gasteiger partial charge in [-0.15, -0.1) is 0 Å². The van der Waals surface area contributed by atoms with E-state index in [1.54, 1.807) is 0 Å². The zero-order valence-electron chi connectivity index (χ0n) is 38.5. The fraction of sp³-hybridized carbons (Fsp3) is 0.511. The largest absolute Gasteiger partial charge is 1.00 e. The van der Waals surface area contributed by atoms with E-state index >= 15 is 0 Å². The predicted molar refractivity (Wildman–Crippen MR) is 238 cm³/mol. The van der Waals surface area contributed by atoms with Gasteiger partial charge in [0.05, 0.1) is 0 Å². The summed E-state index contributed by atoms with van der Waals surface area (Å²) in [6.45, 7) is 23.6. The van der Waals surface area contributed by atoms with Gasteiger partial charge in [0.15, 0.2) is 0 Å². The molecule has 0 fully saturated rings. The number of hydrogen-bond acceptors (Lipinski definition) is 6. The fourth-order valence-electron chi connectivity index (χ4n) is 9.52. The summed E-state index contributed by atoms with van der Waals surface area (Å²) in [5.41, 5.74) is 21.6. The van der Waals surface area contributed by atoms with Gasteiger partial charge in [0, 0.05) is 0 Å². The average molecular weight is 876 g/mol. The van der Waals surface area contributed by atoms with E-state index < -0.39 is 8.07 Å². The van der Waals surface area contributed by atoms with Gasteiger partial charge >= 0.3 is 339 Å². The summed E-state index contributed by atoms with van der Waals surface area (Å²) < 4.78 is -0.330. The van der Waals surface area contributed by atoms with Gasteiger partial charge < -0.3 is 37.2 Å². The molecule has 1 aliphatic carbocycles. The minimum absolute atomic E-state index is 0. The van der Waals surface area contributed by atoms with E-state index in [2.05, 4.69) is 222 Å². The van der Waals surface area contributed by atoms with Crippen molar-refractivity contribution >= 4 is 57.8 Å². The van der Waals surface area contributed by atoms with Crippen LogP contribution < -0.4 is 82.2 Å². The molecule has 0 heterocycles. The van der Waals surface area contributed by atoms with Crippen molar-refractivity contribution in [1.82, 2.24) is 0 Å². The Morgan fingerprint density at radius 1 is 0.375 bits per heavy atom. The number of rotatable bonds is 10. The molecule has 0 N–H and O–H groups in total. The Morgan fingerprint density at radius 2 is 0.571 bits per heavy atom. The Balaban J connectivity index is 0.00000523. The maximum atomic E-state index is 2.63. The molecule has 0 amide bonds. The number of anilines is 6. The molecule has 11 heteroatoms. The molecule has 308 valence electrons. The van der Waals surface area contributed by atoms with Crippen LogP contribution in [0.15, 0.2) is 40.5 Å². The summed E-state index contributed by atoms with van der Waals surface area (Å²) in [7, 11) is 23.5. The number of aryl methyl sites for hydroxylation is 3. The van der Waals surface area contributed by atoms with Crippen molar-refractivity contribution in [3.8, 4) is 0 Å². The van der Waals surface area contributed by atoms with Gasteiger partial charge in [-0.3, -0.25) is 0 Å². The van der Waals surface area contributed by atoms with Gasteiger partial charge in [-0.05, 0) is 0 Å². The smallest absolute Gasteiger partial charge is 1.00 e. The molecule has 56 heavy (non-hydrogen) atoms. The molecule has 0 radical (unpaired) electrons. The van der Waals surface area contributed by atoms with Gasteiger partial charge in [-0.25, -0.2) is 0 Å². The molecule has 0 atom stereocenters. The van der Waals surface area contributed by atoms with Crippen molar-refractivity contribution in [2.45, 2.75) is 72.6 Å². The Kier molecular flexibility index (Phi) is 17.0. The topological polar surface area (TPSA) is 19.4 Å². The Hall–Kier alpha value is -2.26. The molecular weight excluding hydrogens is 807 g/mol. The van der Waals surface area contributed by atoms with E-state index in [-0.39, 0.29) is 40.6 Å². The third kappa shape index (κ3) is 7.56. The van der Waals surface area contributed by atoms with Crippen LogP contribution in [0.4, 0.5) is 34.1 Å². The number of halogens is 3. The summed E-state index contributed by atoms with van der Waals surface area (Å²) >= 11 is 2.63. The molecule has 0 aromatic heterocycles. The molecule has 0 spiro atoms. The maximum Gasteiger partial charge on any atom is -1.00 e. The second-order valence-corrected chi connectivity index (χ2v) is 22.9. The van der Waals surface area contributed by atoms with Crippen LogP contribution in [-0.2, 0) is 20.4 Å². The molecule has 0 aliphatic heterocycles. The zero-order chi connectivity index (χ0) is 40.6. The molecule has 3 aromatic carbocycles. The molecular formula is C45H69Cl3N6SiTi. The fourth-order valence-corrected chi connectivity index (χ4v) is 19.0. The van der Waals surface area contributed by atoms with Crippen molar-refractivity contribution < 1.29 is 57.7 Å². The number of hydrogen-bond donors (Lipinski definition) is 0. The molecule has 4 rings (SSSR count). The minimum atomic E-state index is -3.36. The third-order valence-corrected chi connectivity index (χ3v) is 21.0. The van der Waals surface area contributed by atoms with Gasteiger partial charge in [-0.1, -0.05) is 0 Å². The summed E-state index contributed by atoms with van der Waals surface area (Å²) in [5.74, 6) is 0.